The van der Waals surface area contributed by atoms with Gasteiger partial charge in [0.2, 0.25) is 5.91 Å². The molecule has 1 amide bonds. The molecular weight excluding hydrogens is 256 g/mol. The largest absolute Gasteiger partial charge is 0.392 e. The maximum Gasteiger partial charge on any atom is 0.237 e. The number of nitrogens with one attached hydrogen (secondary N) is 1. The maximum absolute atomic E-state index is 12.5. The fourth-order valence-corrected chi connectivity index (χ4v) is 3.08. The van der Waals surface area contributed by atoms with Crippen molar-refractivity contribution in [1.82, 2.24) is 0 Å². The van der Waals surface area contributed by atoms with E-state index in [0.717, 1.165) is 30.5 Å². The van der Waals surface area contributed by atoms with E-state index in [1.165, 1.54) is 0 Å². The Balaban J connectivity index is 2.19. The lowest BCUT2D eigenvalue weighted by Gasteiger charge is -2.44. The molecule has 102 valence electrons. The van der Waals surface area contributed by atoms with Crippen LogP contribution in [0.4, 0.5) is 5.69 Å². The molecule has 1 aliphatic carbocycles. The molecule has 0 aliphatic heterocycles. The summed E-state index contributed by atoms with van der Waals surface area (Å²) < 4.78 is 0. The smallest absolute Gasteiger partial charge is 0.237 e. The molecule has 4 heteroatoms. The molecule has 0 bridgehead atoms. The molecule has 0 spiro atoms. The van der Waals surface area contributed by atoms with Gasteiger partial charge in [-0.25, -0.2) is 0 Å². The van der Waals surface area contributed by atoms with E-state index in [4.69, 9.17) is 18.0 Å². The topological polar surface area (TPSA) is 55.1 Å². The Bertz CT molecular complexity index is 507. The Morgan fingerprint density at radius 3 is 2.63 bits per heavy atom. The number of hydrogen-bond acceptors (Lipinski definition) is 2. The van der Waals surface area contributed by atoms with Gasteiger partial charge in [0.1, 0.15) is 0 Å². The number of para-hydroxylation sites is 1. The summed E-state index contributed by atoms with van der Waals surface area (Å²) in [5.74, 6) is 0.452. The predicted molar refractivity (Wildman–Crippen MR) is 82.1 cm³/mol. The number of rotatable bonds is 4. The zero-order valence-electron chi connectivity index (χ0n) is 11.4. The Labute approximate surface area is 119 Å². The zero-order chi connectivity index (χ0) is 14.0. The van der Waals surface area contributed by atoms with Crippen LogP contribution in [0.15, 0.2) is 24.3 Å². The minimum absolute atomic E-state index is 0.0565. The first-order valence-corrected chi connectivity index (χ1v) is 7.09. The van der Waals surface area contributed by atoms with E-state index in [1.54, 1.807) is 0 Å². The molecule has 0 heterocycles. The van der Waals surface area contributed by atoms with Crippen LogP contribution < -0.4 is 11.1 Å². The van der Waals surface area contributed by atoms with Gasteiger partial charge in [0.05, 0.1) is 10.4 Å². The van der Waals surface area contributed by atoms with Crippen molar-refractivity contribution in [1.29, 1.82) is 0 Å². The van der Waals surface area contributed by atoms with Gasteiger partial charge in [0, 0.05) is 5.69 Å². The highest BCUT2D eigenvalue weighted by Gasteiger charge is 2.50. The highest BCUT2D eigenvalue weighted by molar-refractivity contribution is 7.80. The van der Waals surface area contributed by atoms with Crippen molar-refractivity contribution in [3.05, 3.63) is 29.8 Å². The third-order valence-electron chi connectivity index (χ3n) is 3.95. The first-order chi connectivity index (χ1) is 8.99. The van der Waals surface area contributed by atoms with Crippen LogP contribution in [0.5, 0.6) is 0 Å². The molecule has 1 saturated carbocycles. The molecule has 2 rings (SSSR count). The number of anilines is 1. The van der Waals surface area contributed by atoms with Crippen LogP contribution in [0.25, 0.3) is 0 Å². The molecule has 1 aliphatic rings. The van der Waals surface area contributed by atoms with Gasteiger partial charge in [0.25, 0.3) is 0 Å². The zero-order valence-corrected chi connectivity index (χ0v) is 12.2. The number of carbonyl (C=O) groups excluding carboxylic acids is 1. The van der Waals surface area contributed by atoms with E-state index in [-0.39, 0.29) is 5.91 Å². The molecule has 0 radical (unpaired) electrons. The SMILES string of the molecule is CCc1ccccc1NC(=O)C1(C(N)=S)CC(C)C1. The molecule has 0 saturated heterocycles. The third-order valence-corrected chi connectivity index (χ3v) is 4.34. The van der Waals surface area contributed by atoms with Crippen molar-refractivity contribution in [2.45, 2.75) is 33.1 Å². The number of thiocarbonyl (C=S) groups is 1. The van der Waals surface area contributed by atoms with Crippen molar-refractivity contribution in [2.75, 3.05) is 5.32 Å². The van der Waals surface area contributed by atoms with Crippen LogP contribution in [0.2, 0.25) is 0 Å². The third kappa shape index (κ3) is 2.50. The summed E-state index contributed by atoms with van der Waals surface area (Å²) in [4.78, 5) is 12.8. The van der Waals surface area contributed by atoms with Crippen LogP contribution in [0.3, 0.4) is 0 Å². The molecule has 1 aromatic rings. The monoisotopic (exact) mass is 276 g/mol. The summed E-state index contributed by atoms with van der Waals surface area (Å²) in [6.45, 7) is 4.18. The van der Waals surface area contributed by atoms with Gasteiger partial charge >= 0.3 is 0 Å². The van der Waals surface area contributed by atoms with E-state index < -0.39 is 5.41 Å². The number of benzene rings is 1. The van der Waals surface area contributed by atoms with Crippen molar-refractivity contribution in [3.8, 4) is 0 Å². The summed E-state index contributed by atoms with van der Waals surface area (Å²) in [7, 11) is 0. The first-order valence-electron chi connectivity index (χ1n) is 6.69. The quantitative estimate of drug-likeness (QED) is 0.831. The first kappa shape index (κ1) is 14.0. The predicted octanol–water partition coefficient (Wildman–Crippen LogP) is 2.89. The second-order valence-corrected chi connectivity index (χ2v) is 5.86. The van der Waals surface area contributed by atoms with Gasteiger partial charge in [-0.1, -0.05) is 44.3 Å². The van der Waals surface area contributed by atoms with Crippen molar-refractivity contribution in [2.24, 2.45) is 17.1 Å². The number of hydrogen-bond donors (Lipinski definition) is 2. The van der Waals surface area contributed by atoms with Crippen LogP contribution in [0, 0.1) is 11.3 Å². The molecule has 19 heavy (non-hydrogen) atoms. The van der Waals surface area contributed by atoms with Gasteiger partial charge in [-0.2, -0.15) is 0 Å². The van der Waals surface area contributed by atoms with E-state index >= 15 is 0 Å². The number of aryl methyl sites for hydroxylation is 1. The molecule has 3 N–H and O–H groups in total. The molecule has 1 fully saturated rings. The fourth-order valence-electron chi connectivity index (χ4n) is 2.82. The Morgan fingerprint density at radius 2 is 2.11 bits per heavy atom. The lowest BCUT2D eigenvalue weighted by molar-refractivity contribution is -0.127. The van der Waals surface area contributed by atoms with Crippen molar-refractivity contribution >= 4 is 28.8 Å². The standard InChI is InChI=1S/C15H20N2OS/c1-3-11-6-4-5-7-12(11)17-14(18)15(13(16)19)8-10(2)9-15/h4-7,10H,3,8-9H2,1-2H3,(H2,16,19)(H,17,18). The van der Waals surface area contributed by atoms with Gasteiger partial charge in [-0.15, -0.1) is 0 Å². The lowest BCUT2D eigenvalue weighted by Crippen LogP contribution is -2.53. The molecule has 3 nitrogen and oxygen atoms in total. The summed E-state index contributed by atoms with van der Waals surface area (Å²) in [6, 6.07) is 7.84. The summed E-state index contributed by atoms with van der Waals surface area (Å²) in [5, 5.41) is 3.00. The van der Waals surface area contributed by atoms with Crippen molar-refractivity contribution in [3.63, 3.8) is 0 Å². The van der Waals surface area contributed by atoms with Gasteiger partial charge in [-0.3, -0.25) is 4.79 Å². The summed E-state index contributed by atoms with van der Waals surface area (Å²) >= 11 is 5.10. The van der Waals surface area contributed by atoms with Gasteiger partial charge in [-0.05, 0) is 36.8 Å². The van der Waals surface area contributed by atoms with Gasteiger partial charge < -0.3 is 11.1 Å². The van der Waals surface area contributed by atoms with Crippen molar-refractivity contribution < 1.29 is 4.79 Å². The number of nitrogens with two attached hydrogens (primary N) is 1. The van der Waals surface area contributed by atoms with E-state index in [1.807, 2.05) is 24.3 Å². The Kier molecular flexibility index (Phi) is 3.90. The van der Waals surface area contributed by atoms with Gasteiger partial charge in [0.15, 0.2) is 0 Å². The lowest BCUT2D eigenvalue weighted by atomic mass is 9.62. The molecule has 0 unspecified atom stereocenters. The fraction of sp³-hybridized carbons (Fsp3) is 0.467. The highest BCUT2D eigenvalue weighted by Crippen LogP contribution is 2.46. The molecule has 1 aromatic carbocycles. The number of carbonyl (C=O) groups is 1. The second-order valence-electron chi connectivity index (χ2n) is 5.42. The van der Waals surface area contributed by atoms with Crippen LogP contribution in [-0.2, 0) is 11.2 Å². The van der Waals surface area contributed by atoms with Crippen LogP contribution in [0.1, 0.15) is 32.3 Å². The minimum atomic E-state index is -0.643. The maximum atomic E-state index is 12.5. The minimum Gasteiger partial charge on any atom is -0.392 e. The Hall–Kier alpha value is -1.42. The molecule has 0 atom stereocenters. The average molecular weight is 276 g/mol. The number of amides is 1. The Morgan fingerprint density at radius 1 is 1.47 bits per heavy atom. The van der Waals surface area contributed by atoms with E-state index in [2.05, 4.69) is 19.2 Å². The van der Waals surface area contributed by atoms with E-state index in [9.17, 15) is 4.79 Å². The van der Waals surface area contributed by atoms with Crippen LogP contribution in [-0.4, -0.2) is 10.9 Å². The van der Waals surface area contributed by atoms with E-state index in [0.29, 0.717) is 10.9 Å². The normalized spacial score (nSPS) is 25.5. The average Bonchev–Trinajstić information content (AvgIpc) is 2.34. The highest BCUT2D eigenvalue weighted by atomic mass is 32.1. The summed E-state index contributed by atoms with van der Waals surface area (Å²) in [5.41, 5.74) is 7.14. The second kappa shape index (κ2) is 5.29. The molecule has 0 aromatic heterocycles. The summed E-state index contributed by atoms with van der Waals surface area (Å²) in [6.07, 6.45) is 2.39. The molecular formula is C15H20N2OS. The van der Waals surface area contributed by atoms with Crippen LogP contribution >= 0.6 is 12.2 Å².